The van der Waals surface area contributed by atoms with E-state index in [1.54, 1.807) is 12.1 Å². The molecule has 2 aromatic rings. The molecule has 138 valence electrons. The number of hydrogen-bond acceptors (Lipinski definition) is 2. The second-order valence-electron chi connectivity index (χ2n) is 7.04. The molecule has 0 aromatic heterocycles. The molecule has 0 aliphatic rings. The summed E-state index contributed by atoms with van der Waals surface area (Å²) in [5, 5.41) is 10.4. The first-order valence-electron chi connectivity index (χ1n) is 7.61. The van der Waals surface area contributed by atoms with Crippen LogP contribution in [0, 0.1) is 7.14 Å². The van der Waals surface area contributed by atoms with E-state index in [1.807, 2.05) is 18.2 Å². The Morgan fingerprint density at radius 3 is 1.80 bits per heavy atom. The van der Waals surface area contributed by atoms with E-state index in [0.717, 1.165) is 17.9 Å². The smallest absolute Gasteiger partial charge is 0.250 e. The minimum absolute atomic E-state index is 0.209. The Morgan fingerprint density at radius 1 is 0.920 bits per heavy atom. The number of rotatable bonds is 2. The van der Waals surface area contributed by atoms with Crippen LogP contribution in [0.15, 0.2) is 36.4 Å². The molecule has 2 nitrogen and oxygen atoms in total. The Kier molecular flexibility index (Phi) is 8.85. The van der Waals surface area contributed by atoms with E-state index in [1.165, 1.54) is 6.07 Å². The van der Waals surface area contributed by atoms with Gasteiger partial charge in [-0.2, -0.15) is 0 Å². The molecule has 0 saturated carbocycles. The monoisotopic (exact) mass is 622 g/mol. The van der Waals surface area contributed by atoms with Gasteiger partial charge in [0.05, 0.1) is 10.0 Å². The molecule has 0 radical (unpaired) electrons. The van der Waals surface area contributed by atoms with E-state index in [-0.39, 0.29) is 10.8 Å². The maximum absolute atomic E-state index is 8.85. The van der Waals surface area contributed by atoms with Gasteiger partial charge in [0.1, 0.15) is 11.5 Å². The van der Waals surface area contributed by atoms with Gasteiger partial charge in [0.2, 0.25) is 8.32 Å². The van der Waals surface area contributed by atoms with Crippen molar-refractivity contribution in [3.63, 3.8) is 0 Å². The quantitative estimate of drug-likeness (QED) is 0.272. The largest absolute Gasteiger partial charge is 0.543 e. The lowest BCUT2D eigenvalue weighted by Crippen LogP contribution is -2.43. The Balaban J connectivity index is 0.000000293. The average Bonchev–Trinajstić information content (AvgIpc) is 2.46. The molecule has 7 heteroatoms. The first-order valence-corrected chi connectivity index (χ1v) is 13.4. The molecule has 0 aliphatic heterocycles. The van der Waals surface area contributed by atoms with Crippen molar-refractivity contribution in [1.29, 1.82) is 0 Å². The van der Waals surface area contributed by atoms with Gasteiger partial charge >= 0.3 is 0 Å². The molecule has 0 aliphatic carbocycles. The molecule has 2 rings (SSSR count). The highest BCUT2D eigenvalue weighted by Crippen LogP contribution is 2.38. The van der Waals surface area contributed by atoms with Gasteiger partial charge in [0.25, 0.3) is 0 Å². The summed E-state index contributed by atoms with van der Waals surface area (Å²) in [5.74, 6) is 1.09. The molecule has 0 saturated heterocycles. The first-order chi connectivity index (χ1) is 11.3. The number of halogens is 4. The zero-order valence-electron chi connectivity index (χ0n) is 14.8. The fourth-order valence-corrected chi connectivity index (χ4v) is 3.51. The molecule has 0 atom stereocenters. The molecule has 25 heavy (non-hydrogen) atoms. The lowest BCUT2D eigenvalue weighted by Gasteiger charge is -2.36. The summed E-state index contributed by atoms with van der Waals surface area (Å²) in [4.78, 5) is 0. The highest BCUT2D eigenvalue weighted by Gasteiger charge is 2.38. The van der Waals surface area contributed by atoms with Crippen molar-refractivity contribution in [3.8, 4) is 11.5 Å². The molecule has 0 fully saturated rings. The number of benzene rings is 2. The molecule has 0 bridgehead atoms. The predicted octanol–water partition coefficient (Wildman–Crippen LogP) is 7.98. The zero-order valence-corrected chi connectivity index (χ0v) is 21.7. The van der Waals surface area contributed by atoms with Crippen molar-refractivity contribution < 1.29 is 9.53 Å². The summed E-state index contributed by atoms with van der Waals surface area (Å²) in [6, 6.07) is 10.8. The summed E-state index contributed by atoms with van der Waals surface area (Å²) in [6.07, 6.45) is 0. The average molecular weight is 623 g/mol. The molecule has 1 N–H and O–H groups in total. The van der Waals surface area contributed by atoms with Crippen molar-refractivity contribution in [2.45, 2.75) is 38.9 Å². The molecule has 2 aromatic carbocycles. The lowest BCUT2D eigenvalue weighted by molar-refractivity contribution is 0.475. The Morgan fingerprint density at radius 2 is 1.40 bits per heavy atom. The Hall–Kier alpha value is 0.297. The van der Waals surface area contributed by atoms with Crippen molar-refractivity contribution in [2.75, 3.05) is 0 Å². The van der Waals surface area contributed by atoms with E-state index in [0.29, 0.717) is 5.02 Å². The van der Waals surface area contributed by atoms with Gasteiger partial charge in [0.15, 0.2) is 0 Å². The standard InChI is InChI=1S/C12H18ClIOSi.C6H4ClIO/c1-12(2,3)16(4,5)15-9-6-7-11(14)10(13)8-9;7-5-3-4(9)1-2-6(5)8/h6-8H,1-5H3;1-3,9H. The molecular formula is C18H22Cl2I2O2Si. The summed E-state index contributed by atoms with van der Waals surface area (Å²) in [5.41, 5.74) is 0. The van der Waals surface area contributed by atoms with Crippen LogP contribution < -0.4 is 4.43 Å². The number of phenols is 1. The van der Waals surface area contributed by atoms with Gasteiger partial charge in [-0.15, -0.1) is 0 Å². The predicted molar refractivity (Wildman–Crippen MR) is 128 cm³/mol. The van der Waals surface area contributed by atoms with Gasteiger partial charge in [-0.1, -0.05) is 44.0 Å². The van der Waals surface area contributed by atoms with Crippen LogP contribution in [-0.4, -0.2) is 13.4 Å². The third-order valence-electron chi connectivity index (χ3n) is 3.97. The van der Waals surface area contributed by atoms with E-state index < -0.39 is 8.32 Å². The van der Waals surface area contributed by atoms with Crippen molar-refractivity contribution in [1.82, 2.24) is 0 Å². The van der Waals surface area contributed by atoms with Crippen LogP contribution in [0.1, 0.15) is 20.8 Å². The van der Waals surface area contributed by atoms with Gasteiger partial charge in [0, 0.05) is 7.14 Å². The van der Waals surface area contributed by atoms with Crippen LogP contribution in [0.3, 0.4) is 0 Å². The normalized spacial score (nSPS) is 11.6. The Labute approximate surface area is 188 Å². The zero-order chi connectivity index (χ0) is 19.4. The highest BCUT2D eigenvalue weighted by atomic mass is 127. The molecule has 0 amide bonds. The van der Waals surface area contributed by atoms with Crippen LogP contribution in [0.4, 0.5) is 0 Å². The Bertz CT molecular complexity index is 732. The van der Waals surface area contributed by atoms with Gasteiger partial charge < -0.3 is 9.53 Å². The van der Waals surface area contributed by atoms with E-state index in [2.05, 4.69) is 79.0 Å². The van der Waals surface area contributed by atoms with Crippen LogP contribution in [0.25, 0.3) is 0 Å². The van der Waals surface area contributed by atoms with Gasteiger partial charge in [-0.3, -0.25) is 0 Å². The molecule has 0 heterocycles. The van der Waals surface area contributed by atoms with E-state index >= 15 is 0 Å². The van der Waals surface area contributed by atoms with Crippen LogP contribution in [-0.2, 0) is 0 Å². The van der Waals surface area contributed by atoms with Crippen LogP contribution in [0.5, 0.6) is 11.5 Å². The molecule has 0 unspecified atom stereocenters. The molecule has 0 spiro atoms. The van der Waals surface area contributed by atoms with E-state index in [9.17, 15) is 0 Å². The van der Waals surface area contributed by atoms with Crippen LogP contribution >= 0.6 is 68.4 Å². The fraction of sp³-hybridized carbons (Fsp3) is 0.333. The number of phenolic OH excluding ortho intramolecular Hbond substituents is 1. The summed E-state index contributed by atoms with van der Waals surface area (Å²) >= 11 is 16.0. The van der Waals surface area contributed by atoms with Gasteiger partial charge in [-0.05, 0) is 99.7 Å². The second-order valence-corrected chi connectivity index (χ2v) is 14.9. The summed E-state index contributed by atoms with van der Waals surface area (Å²) in [7, 11) is -1.75. The summed E-state index contributed by atoms with van der Waals surface area (Å²) < 4.78 is 8.16. The van der Waals surface area contributed by atoms with Crippen molar-refractivity contribution in [2.24, 2.45) is 0 Å². The highest BCUT2D eigenvalue weighted by molar-refractivity contribution is 14.1. The fourth-order valence-electron chi connectivity index (χ4n) is 1.47. The second kappa shape index (κ2) is 9.48. The number of hydrogen-bond donors (Lipinski definition) is 1. The maximum atomic E-state index is 8.85. The topological polar surface area (TPSA) is 29.5 Å². The van der Waals surface area contributed by atoms with Crippen molar-refractivity contribution in [3.05, 3.63) is 53.6 Å². The van der Waals surface area contributed by atoms with Crippen LogP contribution in [0.2, 0.25) is 28.2 Å². The minimum atomic E-state index is -1.75. The first kappa shape index (κ1) is 23.3. The third kappa shape index (κ3) is 7.44. The minimum Gasteiger partial charge on any atom is -0.543 e. The SMILES string of the molecule is CC(C)(C)[Si](C)(C)Oc1ccc(I)c(Cl)c1.Oc1ccc(I)c(Cl)c1. The third-order valence-corrected chi connectivity index (χ3v) is 11.5. The van der Waals surface area contributed by atoms with Gasteiger partial charge in [-0.25, -0.2) is 0 Å². The summed E-state index contributed by atoms with van der Waals surface area (Å²) in [6.45, 7) is 11.2. The maximum Gasteiger partial charge on any atom is 0.250 e. The molecular weight excluding hydrogens is 601 g/mol. The van der Waals surface area contributed by atoms with E-state index in [4.69, 9.17) is 32.7 Å². The lowest BCUT2D eigenvalue weighted by atomic mass is 10.2. The number of aromatic hydroxyl groups is 1. The van der Waals surface area contributed by atoms with Crippen molar-refractivity contribution >= 4 is 76.7 Å².